The first kappa shape index (κ1) is 24.2. The van der Waals surface area contributed by atoms with Crippen LogP contribution in [-0.4, -0.2) is 17.4 Å². The number of nitrogen functional groups attached to an aromatic ring is 1. The number of halogens is 1. The lowest BCUT2D eigenvalue weighted by Crippen LogP contribution is -2.24. The van der Waals surface area contributed by atoms with Gasteiger partial charge in [-0.3, -0.25) is 4.79 Å². The molecule has 4 aromatic rings. The Hall–Kier alpha value is -4.19. The number of nitrogens with one attached hydrogen (secondary N) is 1. The van der Waals surface area contributed by atoms with Crippen molar-refractivity contribution < 1.29 is 9.18 Å². The zero-order valence-corrected chi connectivity index (χ0v) is 21.9. The third-order valence-corrected chi connectivity index (χ3v) is 8.16. The van der Waals surface area contributed by atoms with Crippen LogP contribution in [0.1, 0.15) is 74.6 Å². The molecule has 2 atom stereocenters. The third-order valence-electron chi connectivity index (χ3n) is 8.16. The van der Waals surface area contributed by atoms with Crippen LogP contribution in [0.2, 0.25) is 0 Å². The van der Waals surface area contributed by atoms with Crippen molar-refractivity contribution >= 4 is 23.1 Å². The second-order valence-corrected chi connectivity index (χ2v) is 10.3. The smallest absolute Gasteiger partial charge is 0.251 e. The number of aryl methyl sites for hydroxylation is 2. The summed E-state index contributed by atoms with van der Waals surface area (Å²) in [6.45, 7) is 7.00. The second-order valence-electron chi connectivity index (χ2n) is 10.3. The second kappa shape index (κ2) is 9.28. The molecule has 2 aliphatic carbocycles. The number of hydrogen-bond acceptors (Lipinski definition) is 4. The summed E-state index contributed by atoms with van der Waals surface area (Å²) < 4.78 is 14.6. The molecule has 1 heterocycles. The van der Waals surface area contributed by atoms with Crippen LogP contribution in [0.4, 0.5) is 21.6 Å². The Balaban J connectivity index is 1.26. The van der Waals surface area contributed by atoms with E-state index in [0.717, 1.165) is 28.9 Å². The summed E-state index contributed by atoms with van der Waals surface area (Å²) in [5.74, 6) is 0.742. The fourth-order valence-corrected chi connectivity index (χ4v) is 6.35. The Bertz CT molecular complexity index is 1560. The largest absolute Gasteiger partial charge is 0.384 e. The monoisotopic (exact) mass is 506 g/mol. The van der Waals surface area contributed by atoms with Crippen molar-refractivity contribution in [3.05, 3.63) is 117 Å². The van der Waals surface area contributed by atoms with E-state index in [9.17, 15) is 9.18 Å². The molecular formula is C32H31FN4O. The van der Waals surface area contributed by atoms with Crippen molar-refractivity contribution in [2.45, 2.75) is 45.6 Å². The Morgan fingerprint density at radius 3 is 2.45 bits per heavy atom. The molecule has 0 aliphatic heterocycles. The Kier molecular flexibility index (Phi) is 5.90. The van der Waals surface area contributed by atoms with Gasteiger partial charge in [0.05, 0.1) is 5.69 Å². The molecule has 3 aromatic carbocycles. The van der Waals surface area contributed by atoms with Crippen LogP contribution in [0.5, 0.6) is 0 Å². The highest BCUT2D eigenvalue weighted by Crippen LogP contribution is 2.57. The molecule has 0 saturated heterocycles. The standard InChI is InChI=1S/C32H31FN4O/c1-4-37(30-8-6-5-7-29(30)33)21-10-12-23-25(15-21)27-16-26(23)22-11-9-20(14-24(22)27)32(38)35-17-28-18(2)13-31(34)36-19(28)3/h5-15,26-27H,4,16-17H2,1-3H3,(H2,34,36)(H,35,38)/t26?,27-/m0/s1. The zero-order valence-electron chi connectivity index (χ0n) is 21.9. The van der Waals surface area contributed by atoms with E-state index < -0.39 is 0 Å². The van der Waals surface area contributed by atoms with Gasteiger partial charge in [-0.2, -0.15) is 0 Å². The van der Waals surface area contributed by atoms with E-state index in [-0.39, 0.29) is 17.6 Å². The molecule has 6 rings (SSSR count). The van der Waals surface area contributed by atoms with Gasteiger partial charge in [0.25, 0.3) is 5.91 Å². The third kappa shape index (κ3) is 3.92. The summed E-state index contributed by atoms with van der Waals surface area (Å²) in [6, 6.07) is 21.4. The molecule has 5 nitrogen and oxygen atoms in total. The summed E-state index contributed by atoms with van der Waals surface area (Å²) >= 11 is 0. The summed E-state index contributed by atoms with van der Waals surface area (Å²) in [4.78, 5) is 19.5. The number of benzene rings is 3. The minimum atomic E-state index is -0.225. The molecule has 0 saturated carbocycles. The summed E-state index contributed by atoms with van der Waals surface area (Å²) in [5.41, 5.74) is 16.1. The number of para-hydroxylation sites is 1. The van der Waals surface area contributed by atoms with E-state index in [2.05, 4.69) is 40.6 Å². The van der Waals surface area contributed by atoms with E-state index in [0.29, 0.717) is 36.1 Å². The number of anilines is 3. The average molecular weight is 507 g/mol. The molecule has 2 bridgehead atoms. The van der Waals surface area contributed by atoms with Crippen LogP contribution in [0, 0.1) is 19.7 Å². The Labute approximate surface area is 222 Å². The molecule has 2 aliphatic rings. The van der Waals surface area contributed by atoms with Crippen molar-refractivity contribution in [1.29, 1.82) is 0 Å². The van der Waals surface area contributed by atoms with Crippen molar-refractivity contribution in [3.63, 3.8) is 0 Å². The maximum atomic E-state index is 14.6. The lowest BCUT2D eigenvalue weighted by molar-refractivity contribution is 0.0950. The highest BCUT2D eigenvalue weighted by Gasteiger charge is 2.42. The number of pyridine rings is 1. The number of amides is 1. The van der Waals surface area contributed by atoms with Crippen LogP contribution < -0.4 is 16.0 Å². The van der Waals surface area contributed by atoms with E-state index in [1.165, 1.54) is 28.3 Å². The molecule has 1 aromatic heterocycles. The molecule has 38 heavy (non-hydrogen) atoms. The van der Waals surface area contributed by atoms with E-state index >= 15 is 0 Å². The summed E-state index contributed by atoms with van der Waals surface area (Å²) in [7, 11) is 0. The number of nitrogens with zero attached hydrogens (tertiary/aromatic N) is 2. The van der Waals surface area contributed by atoms with Crippen molar-refractivity contribution in [1.82, 2.24) is 10.3 Å². The lowest BCUT2D eigenvalue weighted by Gasteiger charge is -2.27. The number of aromatic nitrogens is 1. The maximum Gasteiger partial charge on any atom is 0.251 e. The Morgan fingerprint density at radius 2 is 1.71 bits per heavy atom. The highest BCUT2D eigenvalue weighted by atomic mass is 19.1. The predicted molar refractivity (Wildman–Crippen MR) is 150 cm³/mol. The number of hydrogen-bond donors (Lipinski definition) is 2. The fraction of sp³-hybridized carbons (Fsp3) is 0.250. The molecule has 6 heteroatoms. The molecule has 0 fully saturated rings. The van der Waals surface area contributed by atoms with Gasteiger partial charge < -0.3 is 16.0 Å². The quantitative estimate of drug-likeness (QED) is 0.314. The molecule has 1 amide bonds. The van der Waals surface area contributed by atoms with Gasteiger partial charge in [0.2, 0.25) is 0 Å². The van der Waals surface area contributed by atoms with E-state index in [1.807, 2.05) is 49.9 Å². The van der Waals surface area contributed by atoms with Gasteiger partial charge in [-0.15, -0.1) is 0 Å². The van der Waals surface area contributed by atoms with Crippen molar-refractivity contribution in [2.75, 3.05) is 17.2 Å². The van der Waals surface area contributed by atoms with E-state index in [4.69, 9.17) is 5.73 Å². The number of rotatable bonds is 6. The van der Waals surface area contributed by atoms with Gasteiger partial charge in [0, 0.05) is 41.9 Å². The van der Waals surface area contributed by atoms with Crippen LogP contribution in [0.15, 0.2) is 66.7 Å². The normalized spacial score (nSPS) is 16.7. The first-order valence-corrected chi connectivity index (χ1v) is 13.2. The topological polar surface area (TPSA) is 71.2 Å². The van der Waals surface area contributed by atoms with Crippen LogP contribution in [0.25, 0.3) is 0 Å². The van der Waals surface area contributed by atoms with Gasteiger partial charge in [-0.1, -0.05) is 24.3 Å². The summed E-state index contributed by atoms with van der Waals surface area (Å²) in [6.07, 6.45) is 1.01. The molecular weight excluding hydrogens is 475 g/mol. The van der Waals surface area contributed by atoms with Gasteiger partial charge in [-0.05, 0) is 103 Å². The van der Waals surface area contributed by atoms with Crippen LogP contribution in [0.3, 0.4) is 0 Å². The van der Waals surface area contributed by atoms with E-state index in [1.54, 1.807) is 6.07 Å². The summed E-state index contributed by atoms with van der Waals surface area (Å²) in [5, 5.41) is 3.06. The fourth-order valence-electron chi connectivity index (χ4n) is 6.35. The highest BCUT2D eigenvalue weighted by molar-refractivity contribution is 5.94. The van der Waals surface area contributed by atoms with Crippen molar-refractivity contribution in [3.8, 4) is 0 Å². The minimum absolute atomic E-state index is 0.100. The van der Waals surface area contributed by atoms with Crippen LogP contribution in [-0.2, 0) is 6.54 Å². The molecule has 192 valence electrons. The molecule has 1 unspecified atom stereocenters. The van der Waals surface area contributed by atoms with Gasteiger partial charge in [0.15, 0.2) is 0 Å². The van der Waals surface area contributed by atoms with Gasteiger partial charge >= 0.3 is 0 Å². The first-order valence-electron chi connectivity index (χ1n) is 13.2. The van der Waals surface area contributed by atoms with Crippen molar-refractivity contribution in [2.24, 2.45) is 0 Å². The number of fused-ring (bicyclic) bond motifs is 8. The maximum absolute atomic E-state index is 14.6. The minimum Gasteiger partial charge on any atom is -0.384 e. The number of carbonyl (C=O) groups is 1. The lowest BCUT2D eigenvalue weighted by atomic mass is 9.85. The zero-order chi connectivity index (χ0) is 26.6. The van der Waals surface area contributed by atoms with Gasteiger partial charge in [-0.25, -0.2) is 9.37 Å². The molecule has 0 radical (unpaired) electrons. The number of carbonyl (C=O) groups excluding carboxylic acids is 1. The molecule has 3 N–H and O–H groups in total. The van der Waals surface area contributed by atoms with Gasteiger partial charge in [0.1, 0.15) is 11.6 Å². The number of nitrogens with two attached hydrogens (primary N) is 1. The predicted octanol–water partition coefficient (Wildman–Crippen LogP) is 6.49. The first-order chi connectivity index (χ1) is 18.4. The average Bonchev–Trinajstić information content (AvgIpc) is 3.46. The Morgan fingerprint density at radius 1 is 1.00 bits per heavy atom. The SMILES string of the molecule is CCN(c1ccc2c(c1)[C@H]1CC2c2ccc(C(=O)NCc3c(C)cc(N)nc3C)cc21)c1ccccc1F. The molecule has 0 spiro atoms. The van der Waals surface area contributed by atoms with Crippen LogP contribution >= 0.6 is 0 Å².